The van der Waals surface area contributed by atoms with E-state index >= 15 is 0 Å². The number of nitrogens with one attached hydrogen (secondary N) is 1. The Hall–Kier alpha value is 0.210. The van der Waals surface area contributed by atoms with Crippen LogP contribution in [0.15, 0.2) is 0 Å². The average molecular weight is 219 g/mol. The summed E-state index contributed by atoms with van der Waals surface area (Å²) in [4.78, 5) is 2.73. The number of halogens is 1. The minimum atomic E-state index is 0. The van der Waals surface area contributed by atoms with Crippen LogP contribution in [0.5, 0.6) is 0 Å². The molecule has 1 aliphatic heterocycles. The Kier molecular flexibility index (Phi) is 4.68. The highest BCUT2D eigenvalue weighted by Gasteiger charge is 2.32. The summed E-state index contributed by atoms with van der Waals surface area (Å²) < 4.78 is 0. The smallest absolute Gasteiger partial charge is 0.0195 e. The molecule has 0 aromatic carbocycles. The molecule has 1 heterocycles. The molecule has 0 bridgehead atoms. The Morgan fingerprint density at radius 1 is 1.21 bits per heavy atom. The van der Waals surface area contributed by atoms with E-state index in [4.69, 9.17) is 0 Å². The van der Waals surface area contributed by atoms with Crippen LogP contribution in [0.25, 0.3) is 0 Å². The number of hydrogen-bond donors (Lipinski definition) is 1. The summed E-state index contributed by atoms with van der Waals surface area (Å²) >= 11 is 0. The maximum atomic E-state index is 3.46. The minimum Gasteiger partial charge on any atom is -0.314 e. The van der Waals surface area contributed by atoms with Gasteiger partial charge in [-0.2, -0.15) is 0 Å². The minimum absolute atomic E-state index is 0. The molecule has 1 saturated heterocycles. The lowest BCUT2D eigenvalue weighted by molar-refractivity contribution is 0.0967. The Morgan fingerprint density at radius 3 is 2.57 bits per heavy atom. The van der Waals surface area contributed by atoms with Crippen LogP contribution in [-0.2, 0) is 0 Å². The summed E-state index contributed by atoms with van der Waals surface area (Å²) in [6.07, 6.45) is 4.33. The quantitative estimate of drug-likeness (QED) is 0.723. The van der Waals surface area contributed by atoms with Gasteiger partial charge >= 0.3 is 0 Å². The fourth-order valence-corrected chi connectivity index (χ4v) is 2.97. The van der Waals surface area contributed by atoms with E-state index in [0.29, 0.717) is 0 Å². The first-order valence-electron chi connectivity index (χ1n) is 5.75. The lowest BCUT2D eigenvalue weighted by Crippen LogP contribution is -2.54. The SMILES string of the molecule is CC1CCCC1N1CCNC[C@@H]1C.Cl. The molecule has 0 amide bonds. The molecule has 2 fully saturated rings. The molecular formula is C11H23ClN2. The third-order valence-corrected chi connectivity index (χ3v) is 3.79. The van der Waals surface area contributed by atoms with Crippen LogP contribution in [0.1, 0.15) is 33.1 Å². The van der Waals surface area contributed by atoms with Crippen molar-refractivity contribution in [2.45, 2.75) is 45.2 Å². The highest BCUT2D eigenvalue weighted by Crippen LogP contribution is 2.30. The van der Waals surface area contributed by atoms with Crippen molar-refractivity contribution in [3.8, 4) is 0 Å². The third-order valence-electron chi connectivity index (χ3n) is 3.79. The van der Waals surface area contributed by atoms with E-state index in [1.807, 2.05) is 0 Å². The van der Waals surface area contributed by atoms with Crippen LogP contribution in [-0.4, -0.2) is 36.6 Å². The predicted molar refractivity (Wildman–Crippen MR) is 63.1 cm³/mol. The van der Waals surface area contributed by atoms with Crippen molar-refractivity contribution >= 4 is 12.4 Å². The second kappa shape index (κ2) is 5.34. The first-order valence-corrected chi connectivity index (χ1v) is 5.75. The van der Waals surface area contributed by atoms with E-state index in [1.165, 1.54) is 38.9 Å². The van der Waals surface area contributed by atoms with Crippen molar-refractivity contribution in [1.82, 2.24) is 10.2 Å². The van der Waals surface area contributed by atoms with Crippen molar-refractivity contribution < 1.29 is 0 Å². The number of rotatable bonds is 1. The van der Waals surface area contributed by atoms with Gasteiger partial charge in [0.1, 0.15) is 0 Å². The Labute approximate surface area is 93.8 Å². The van der Waals surface area contributed by atoms with Gasteiger partial charge in [0.25, 0.3) is 0 Å². The Bertz CT molecular complexity index is 175. The lowest BCUT2D eigenvalue weighted by atomic mass is 10.0. The van der Waals surface area contributed by atoms with Crippen LogP contribution in [0.3, 0.4) is 0 Å². The van der Waals surface area contributed by atoms with Gasteiger partial charge in [-0.25, -0.2) is 0 Å². The van der Waals surface area contributed by atoms with Gasteiger partial charge in [-0.05, 0) is 25.7 Å². The molecular weight excluding hydrogens is 196 g/mol. The standard InChI is InChI=1S/C11H22N2.ClH/c1-9-4-3-5-11(9)13-7-6-12-8-10(13)2;/h9-12H,3-8H2,1-2H3;1H/t9?,10-,11?;/m0./s1. The van der Waals surface area contributed by atoms with Crippen LogP contribution >= 0.6 is 12.4 Å². The maximum Gasteiger partial charge on any atom is 0.0195 e. The summed E-state index contributed by atoms with van der Waals surface area (Å²) in [5.74, 6) is 0.931. The molecule has 0 aromatic heterocycles. The van der Waals surface area contributed by atoms with Crippen LogP contribution in [0, 0.1) is 5.92 Å². The first-order chi connectivity index (χ1) is 6.29. The number of nitrogens with zero attached hydrogens (tertiary/aromatic N) is 1. The molecule has 1 aliphatic carbocycles. The highest BCUT2D eigenvalue weighted by atomic mass is 35.5. The molecule has 2 aliphatic rings. The number of piperazine rings is 1. The second-order valence-electron chi connectivity index (χ2n) is 4.77. The largest absolute Gasteiger partial charge is 0.314 e. The topological polar surface area (TPSA) is 15.3 Å². The zero-order valence-electron chi connectivity index (χ0n) is 9.33. The molecule has 1 N–H and O–H groups in total. The second-order valence-corrected chi connectivity index (χ2v) is 4.77. The fraction of sp³-hybridized carbons (Fsp3) is 1.00. The lowest BCUT2D eigenvalue weighted by Gasteiger charge is -2.40. The van der Waals surface area contributed by atoms with Gasteiger partial charge in [-0.1, -0.05) is 13.3 Å². The summed E-state index contributed by atoms with van der Waals surface area (Å²) in [6.45, 7) is 8.41. The normalized spacial score (nSPS) is 39.4. The van der Waals surface area contributed by atoms with Crippen molar-refractivity contribution in [2.24, 2.45) is 5.92 Å². The zero-order valence-corrected chi connectivity index (χ0v) is 10.1. The molecule has 0 spiro atoms. The van der Waals surface area contributed by atoms with Gasteiger partial charge in [-0.3, -0.25) is 4.90 Å². The average Bonchev–Trinajstić information content (AvgIpc) is 2.52. The Balaban J connectivity index is 0.000000980. The third kappa shape index (κ3) is 2.41. The van der Waals surface area contributed by atoms with Crippen LogP contribution in [0.4, 0.5) is 0 Å². The van der Waals surface area contributed by atoms with Crippen LogP contribution < -0.4 is 5.32 Å². The zero-order chi connectivity index (χ0) is 9.26. The monoisotopic (exact) mass is 218 g/mol. The molecule has 14 heavy (non-hydrogen) atoms. The van der Waals surface area contributed by atoms with E-state index in [1.54, 1.807) is 0 Å². The van der Waals surface area contributed by atoms with E-state index < -0.39 is 0 Å². The van der Waals surface area contributed by atoms with E-state index in [-0.39, 0.29) is 12.4 Å². The van der Waals surface area contributed by atoms with Gasteiger partial charge in [-0.15, -0.1) is 12.4 Å². The molecule has 84 valence electrons. The molecule has 2 unspecified atom stereocenters. The molecule has 0 aromatic rings. The Morgan fingerprint density at radius 2 is 2.00 bits per heavy atom. The van der Waals surface area contributed by atoms with E-state index in [9.17, 15) is 0 Å². The van der Waals surface area contributed by atoms with Crippen molar-refractivity contribution in [3.63, 3.8) is 0 Å². The molecule has 2 rings (SSSR count). The van der Waals surface area contributed by atoms with Gasteiger partial charge in [0, 0.05) is 31.7 Å². The highest BCUT2D eigenvalue weighted by molar-refractivity contribution is 5.85. The van der Waals surface area contributed by atoms with Crippen molar-refractivity contribution in [3.05, 3.63) is 0 Å². The molecule has 1 saturated carbocycles. The molecule has 0 radical (unpaired) electrons. The summed E-state index contributed by atoms with van der Waals surface area (Å²) in [5, 5.41) is 3.46. The first kappa shape index (κ1) is 12.3. The van der Waals surface area contributed by atoms with E-state index in [0.717, 1.165) is 18.0 Å². The van der Waals surface area contributed by atoms with Gasteiger partial charge in [0.05, 0.1) is 0 Å². The summed E-state index contributed by atoms with van der Waals surface area (Å²) in [6, 6.07) is 1.64. The van der Waals surface area contributed by atoms with Crippen LogP contribution in [0.2, 0.25) is 0 Å². The van der Waals surface area contributed by atoms with Gasteiger partial charge in [0.2, 0.25) is 0 Å². The van der Waals surface area contributed by atoms with E-state index in [2.05, 4.69) is 24.1 Å². The molecule has 3 heteroatoms. The predicted octanol–water partition coefficient (Wildman–Crippen LogP) is 1.89. The summed E-state index contributed by atoms with van der Waals surface area (Å²) in [7, 11) is 0. The number of hydrogen-bond acceptors (Lipinski definition) is 2. The van der Waals surface area contributed by atoms with Gasteiger partial charge < -0.3 is 5.32 Å². The van der Waals surface area contributed by atoms with Crippen molar-refractivity contribution in [1.29, 1.82) is 0 Å². The fourth-order valence-electron chi connectivity index (χ4n) is 2.97. The molecule has 2 nitrogen and oxygen atoms in total. The summed E-state index contributed by atoms with van der Waals surface area (Å²) in [5.41, 5.74) is 0. The molecule has 3 atom stereocenters. The van der Waals surface area contributed by atoms with Crippen molar-refractivity contribution in [2.75, 3.05) is 19.6 Å². The maximum absolute atomic E-state index is 3.46. The van der Waals surface area contributed by atoms with Gasteiger partial charge in [0.15, 0.2) is 0 Å².